The van der Waals surface area contributed by atoms with Gasteiger partial charge in [-0.15, -0.1) is 0 Å². The molecule has 1 unspecified atom stereocenters. The van der Waals surface area contributed by atoms with Crippen LogP contribution in [0.2, 0.25) is 5.02 Å². The minimum Gasteiger partial charge on any atom is -0.454 e. The molecule has 0 amide bonds. The Balaban J connectivity index is 1.74. The first kappa shape index (κ1) is 18.4. The van der Waals surface area contributed by atoms with Gasteiger partial charge >= 0.3 is 0 Å². The van der Waals surface area contributed by atoms with Crippen LogP contribution in [-0.4, -0.2) is 16.6 Å². The van der Waals surface area contributed by atoms with Crippen molar-refractivity contribution < 1.29 is 14.2 Å². The molecule has 0 fully saturated rings. The van der Waals surface area contributed by atoms with E-state index in [9.17, 15) is 5.26 Å². The number of aromatic nitrogens is 2. The molecule has 5 rings (SSSR count). The molecule has 3 heterocycles. The molecule has 1 atom stereocenters. The van der Waals surface area contributed by atoms with Crippen LogP contribution in [0, 0.1) is 25.2 Å². The molecule has 7 nitrogen and oxygen atoms in total. The average molecular weight is 421 g/mol. The SMILES string of the molecule is Cc1ccc(-n2nc(C)c3c2OC(N)=C(C#N)C3c2cc3c(cc2Cl)OCO3)cc1. The van der Waals surface area contributed by atoms with Crippen LogP contribution in [0.25, 0.3) is 5.69 Å². The maximum Gasteiger partial charge on any atom is 0.231 e. The van der Waals surface area contributed by atoms with E-state index < -0.39 is 5.92 Å². The molecule has 0 radical (unpaired) electrons. The third-order valence-electron chi connectivity index (χ3n) is 5.31. The zero-order valence-corrected chi connectivity index (χ0v) is 17.0. The summed E-state index contributed by atoms with van der Waals surface area (Å²) >= 11 is 6.59. The van der Waals surface area contributed by atoms with Crippen LogP contribution in [0.3, 0.4) is 0 Å². The Morgan fingerprint density at radius 2 is 1.87 bits per heavy atom. The summed E-state index contributed by atoms with van der Waals surface area (Å²) in [6.07, 6.45) is 0. The van der Waals surface area contributed by atoms with Gasteiger partial charge in [-0.3, -0.25) is 0 Å². The molecule has 2 aliphatic heterocycles. The first-order chi connectivity index (χ1) is 14.5. The van der Waals surface area contributed by atoms with Crippen molar-refractivity contribution in [1.82, 2.24) is 9.78 Å². The van der Waals surface area contributed by atoms with Gasteiger partial charge in [-0.2, -0.15) is 10.4 Å². The number of halogens is 1. The summed E-state index contributed by atoms with van der Waals surface area (Å²) in [5, 5.41) is 15.0. The van der Waals surface area contributed by atoms with Gasteiger partial charge in [0, 0.05) is 11.1 Å². The number of nitrogens with two attached hydrogens (primary N) is 1. The Kier molecular flexibility index (Phi) is 4.12. The molecule has 0 bridgehead atoms. The lowest BCUT2D eigenvalue weighted by molar-refractivity contribution is 0.174. The Morgan fingerprint density at radius 3 is 2.57 bits per heavy atom. The van der Waals surface area contributed by atoms with Crippen molar-refractivity contribution in [2.45, 2.75) is 19.8 Å². The van der Waals surface area contributed by atoms with E-state index in [1.807, 2.05) is 38.1 Å². The average Bonchev–Trinajstić information content (AvgIpc) is 3.31. The van der Waals surface area contributed by atoms with E-state index in [1.165, 1.54) is 0 Å². The second kappa shape index (κ2) is 6.71. The molecule has 1 aromatic heterocycles. The van der Waals surface area contributed by atoms with Crippen LogP contribution in [0.1, 0.15) is 28.3 Å². The molecule has 3 aromatic rings. The fourth-order valence-electron chi connectivity index (χ4n) is 3.84. The molecule has 30 heavy (non-hydrogen) atoms. The maximum atomic E-state index is 9.85. The Bertz CT molecular complexity index is 1250. The quantitative estimate of drug-likeness (QED) is 0.670. The number of benzene rings is 2. The van der Waals surface area contributed by atoms with Crippen LogP contribution in [0.15, 0.2) is 47.9 Å². The topological polar surface area (TPSA) is 95.3 Å². The highest BCUT2D eigenvalue weighted by Crippen LogP contribution is 2.49. The Morgan fingerprint density at radius 1 is 1.17 bits per heavy atom. The number of rotatable bonds is 2. The van der Waals surface area contributed by atoms with E-state index in [1.54, 1.807) is 16.8 Å². The minimum absolute atomic E-state index is 0.0250. The lowest BCUT2D eigenvalue weighted by Gasteiger charge is -2.25. The van der Waals surface area contributed by atoms with E-state index in [0.717, 1.165) is 16.8 Å². The van der Waals surface area contributed by atoms with E-state index >= 15 is 0 Å². The number of nitriles is 1. The van der Waals surface area contributed by atoms with Crippen LogP contribution >= 0.6 is 11.6 Å². The monoisotopic (exact) mass is 420 g/mol. The molecule has 0 saturated heterocycles. The summed E-state index contributed by atoms with van der Waals surface area (Å²) in [5.41, 5.74) is 10.5. The summed E-state index contributed by atoms with van der Waals surface area (Å²) in [5.74, 6) is 1.09. The van der Waals surface area contributed by atoms with Crippen molar-refractivity contribution in [3.05, 3.63) is 75.3 Å². The van der Waals surface area contributed by atoms with E-state index in [4.69, 9.17) is 31.5 Å². The largest absolute Gasteiger partial charge is 0.454 e. The zero-order chi connectivity index (χ0) is 21.0. The zero-order valence-electron chi connectivity index (χ0n) is 16.3. The van der Waals surface area contributed by atoms with Gasteiger partial charge in [0.25, 0.3) is 0 Å². The first-order valence-corrected chi connectivity index (χ1v) is 9.69. The molecule has 2 aliphatic rings. The predicted molar refractivity (Wildman–Crippen MR) is 110 cm³/mol. The molecule has 0 aliphatic carbocycles. The Labute approximate surface area is 177 Å². The number of allylic oxidation sites excluding steroid dienone is 1. The Hall–Kier alpha value is -3.63. The van der Waals surface area contributed by atoms with Gasteiger partial charge in [-0.1, -0.05) is 29.3 Å². The number of nitrogens with zero attached hydrogens (tertiary/aromatic N) is 3. The fourth-order valence-corrected chi connectivity index (χ4v) is 4.10. The third-order valence-corrected chi connectivity index (χ3v) is 5.64. The van der Waals surface area contributed by atoms with Gasteiger partial charge in [0.15, 0.2) is 11.5 Å². The van der Waals surface area contributed by atoms with Crippen LogP contribution < -0.4 is 19.9 Å². The van der Waals surface area contributed by atoms with Crippen molar-refractivity contribution in [1.29, 1.82) is 5.26 Å². The summed E-state index contributed by atoms with van der Waals surface area (Å²) in [4.78, 5) is 0. The standard InChI is InChI=1S/C22H17ClN4O3/c1-11-3-5-13(6-4-11)27-22-19(12(2)26-27)20(15(9-24)21(25)30-22)14-7-17-18(8-16(14)23)29-10-28-17/h3-8,20H,10,25H2,1-2H3. The summed E-state index contributed by atoms with van der Waals surface area (Å²) in [6, 6.07) is 13.6. The van der Waals surface area contributed by atoms with Crippen molar-refractivity contribution in [3.63, 3.8) is 0 Å². The van der Waals surface area contributed by atoms with Crippen molar-refractivity contribution in [2.75, 3.05) is 6.79 Å². The smallest absolute Gasteiger partial charge is 0.231 e. The summed E-state index contributed by atoms with van der Waals surface area (Å²) in [7, 11) is 0. The number of hydrogen-bond donors (Lipinski definition) is 1. The third kappa shape index (κ3) is 2.69. The predicted octanol–water partition coefficient (Wildman–Crippen LogP) is 4.09. The molecule has 0 spiro atoms. The number of ether oxygens (including phenoxy) is 3. The van der Waals surface area contributed by atoms with Crippen LogP contribution in [0.4, 0.5) is 0 Å². The fraction of sp³-hybridized carbons (Fsp3) is 0.182. The van der Waals surface area contributed by atoms with Crippen LogP contribution in [-0.2, 0) is 0 Å². The van der Waals surface area contributed by atoms with Gasteiger partial charge in [-0.05, 0) is 37.6 Å². The number of fused-ring (bicyclic) bond motifs is 2. The van der Waals surface area contributed by atoms with E-state index in [0.29, 0.717) is 33.7 Å². The van der Waals surface area contributed by atoms with Crippen molar-refractivity contribution >= 4 is 11.6 Å². The van der Waals surface area contributed by atoms with E-state index in [-0.39, 0.29) is 18.2 Å². The van der Waals surface area contributed by atoms with Gasteiger partial charge in [-0.25, -0.2) is 4.68 Å². The maximum absolute atomic E-state index is 9.85. The van der Waals surface area contributed by atoms with E-state index in [2.05, 4.69) is 11.2 Å². The van der Waals surface area contributed by atoms with Gasteiger partial charge < -0.3 is 19.9 Å². The molecule has 8 heteroatoms. The normalized spacial score (nSPS) is 16.8. The molecule has 150 valence electrons. The second-order valence-electron chi connectivity index (χ2n) is 7.20. The summed E-state index contributed by atoms with van der Waals surface area (Å²) in [6.45, 7) is 4.01. The summed E-state index contributed by atoms with van der Waals surface area (Å²) < 4.78 is 18.5. The van der Waals surface area contributed by atoms with Crippen molar-refractivity contribution in [3.8, 4) is 29.1 Å². The van der Waals surface area contributed by atoms with Gasteiger partial charge in [0.1, 0.15) is 11.6 Å². The highest BCUT2D eigenvalue weighted by molar-refractivity contribution is 6.31. The van der Waals surface area contributed by atoms with Gasteiger partial charge in [0.2, 0.25) is 18.6 Å². The molecule has 2 N–H and O–H groups in total. The lowest BCUT2D eigenvalue weighted by atomic mass is 9.84. The molecular weight excluding hydrogens is 404 g/mol. The van der Waals surface area contributed by atoms with Crippen molar-refractivity contribution in [2.24, 2.45) is 5.73 Å². The molecule has 0 saturated carbocycles. The number of hydrogen-bond acceptors (Lipinski definition) is 6. The minimum atomic E-state index is -0.542. The molecular formula is C22H17ClN4O3. The first-order valence-electron chi connectivity index (χ1n) is 9.31. The number of aryl methyl sites for hydroxylation is 2. The lowest BCUT2D eigenvalue weighted by Crippen LogP contribution is -2.22. The van der Waals surface area contributed by atoms with Crippen LogP contribution in [0.5, 0.6) is 17.4 Å². The van der Waals surface area contributed by atoms with Gasteiger partial charge in [0.05, 0.1) is 22.9 Å². The highest BCUT2D eigenvalue weighted by Gasteiger charge is 2.38. The molecule has 2 aromatic carbocycles. The second-order valence-corrected chi connectivity index (χ2v) is 7.61. The highest BCUT2D eigenvalue weighted by atomic mass is 35.5.